The van der Waals surface area contributed by atoms with E-state index in [1.807, 2.05) is 72.8 Å². The lowest BCUT2D eigenvalue weighted by molar-refractivity contribution is -0.123. The molecular weight excluding hydrogens is 498 g/mol. The van der Waals surface area contributed by atoms with Gasteiger partial charge in [0.25, 0.3) is 11.1 Å². The van der Waals surface area contributed by atoms with Gasteiger partial charge >= 0.3 is 0 Å². The number of nitrogens with zero attached hydrogens (tertiary/aromatic N) is 1. The molecule has 3 aromatic rings. The smallest absolute Gasteiger partial charge is 0.293 e. The van der Waals surface area contributed by atoms with E-state index >= 15 is 0 Å². The summed E-state index contributed by atoms with van der Waals surface area (Å²) in [5.74, 6) is 0.327. The molecule has 2 amide bonds. The molecule has 0 spiro atoms. The Morgan fingerprint density at radius 1 is 0.968 bits per heavy atom. The summed E-state index contributed by atoms with van der Waals surface area (Å²) in [5.41, 5.74) is 2.59. The quantitative estimate of drug-likeness (QED) is 0.335. The van der Waals surface area contributed by atoms with Crippen molar-refractivity contribution in [2.45, 2.75) is 13.2 Å². The van der Waals surface area contributed by atoms with Gasteiger partial charge in [0.1, 0.15) is 12.4 Å². The third kappa shape index (κ3) is 5.21. The Labute approximate surface area is 198 Å². The molecule has 3 aromatic carbocycles. The van der Waals surface area contributed by atoms with Crippen LogP contribution in [0.25, 0.3) is 6.08 Å². The second kappa shape index (κ2) is 9.73. The van der Waals surface area contributed by atoms with Crippen molar-refractivity contribution in [3.63, 3.8) is 0 Å². The zero-order chi connectivity index (χ0) is 21.8. The zero-order valence-electron chi connectivity index (χ0n) is 16.3. The zero-order valence-corrected chi connectivity index (χ0v) is 19.4. The summed E-state index contributed by atoms with van der Waals surface area (Å²) in [6.07, 6.45) is 1.71. The van der Waals surface area contributed by atoms with Crippen LogP contribution in [0, 0.1) is 0 Å². The van der Waals surface area contributed by atoms with Crippen LogP contribution in [0.5, 0.6) is 5.75 Å². The van der Waals surface area contributed by atoms with Crippen LogP contribution in [0.3, 0.4) is 0 Å². The van der Waals surface area contributed by atoms with Crippen molar-refractivity contribution < 1.29 is 14.3 Å². The number of carbonyl (C=O) groups excluding carboxylic acids is 2. The number of imide groups is 1. The Bertz CT molecular complexity index is 1160. The summed E-state index contributed by atoms with van der Waals surface area (Å²) in [6.45, 7) is 0.587. The first kappa shape index (κ1) is 21.7. The lowest BCUT2D eigenvalue weighted by atomic mass is 10.1. The van der Waals surface area contributed by atoms with Gasteiger partial charge < -0.3 is 4.74 Å². The number of halogens is 2. The Balaban J connectivity index is 1.52. The second-order valence-corrected chi connectivity index (χ2v) is 9.10. The highest BCUT2D eigenvalue weighted by atomic mass is 79.9. The topological polar surface area (TPSA) is 46.6 Å². The predicted octanol–water partition coefficient (Wildman–Crippen LogP) is 6.92. The number of para-hydroxylation sites is 1. The first-order valence-electron chi connectivity index (χ1n) is 9.46. The van der Waals surface area contributed by atoms with Crippen molar-refractivity contribution in [3.05, 3.63) is 104 Å². The van der Waals surface area contributed by atoms with Gasteiger partial charge in [0.05, 0.1) is 11.4 Å². The van der Waals surface area contributed by atoms with Crippen LogP contribution in [-0.4, -0.2) is 16.0 Å². The molecule has 0 aromatic heterocycles. The Morgan fingerprint density at radius 3 is 2.45 bits per heavy atom. The average Bonchev–Trinajstić information content (AvgIpc) is 3.03. The number of rotatable bonds is 6. The van der Waals surface area contributed by atoms with Crippen molar-refractivity contribution in [1.82, 2.24) is 4.90 Å². The van der Waals surface area contributed by atoms with Gasteiger partial charge in [-0.05, 0) is 53.2 Å². The van der Waals surface area contributed by atoms with Crippen molar-refractivity contribution in [2.24, 2.45) is 0 Å². The molecule has 0 aliphatic carbocycles. The maximum atomic E-state index is 12.9. The second-order valence-electron chi connectivity index (χ2n) is 6.81. The monoisotopic (exact) mass is 513 g/mol. The molecule has 0 unspecified atom stereocenters. The van der Waals surface area contributed by atoms with Crippen LogP contribution >= 0.6 is 39.3 Å². The van der Waals surface area contributed by atoms with Gasteiger partial charge in [-0.15, -0.1) is 0 Å². The third-order valence-corrected chi connectivity index (χ3v) is 6.61. The van der Waals surface area contributed by atoms with Gasteiger partial charge in [-0.1, -0.05) is 76.1 Å². The van der Waals surface area contributed by atoms with Crippen molar-refractivity contribution >= 4 is 56.5 Å². The number of thioether (sulfide) groups is 1. The van der Waals surface area contributed by atoms with Gasteiger partial charge in [0, 0.05) is 15.1 Å². The minimum atomic E-state index is -0.307. The maximum absolute atomic E-state index is 12.9. The molecule has 1 heterocycles. The molecule has 31 heavy (non-hydrogen) atoms. The van der Waals surface area contributed by atoms with E-state index in [2.05, 4.69) is 15.9 Å². The number of amides is 2. The third-order valence-electron chi connectivity index (χ3n) is 4.67. The van der Waals surface area contributed by atoms with Gasteiger partial charge in [-0.2, -0.15) is 0 Å². The van der Waals surface area contributed by atoms with Crippen LogP contribution in [-0.2, 0) is 17.9 Å². The summed E-state index contributed by atoms with van der Waals surface area (Å²) < 4.78 is 6.82. The molecule has 0 radical (unpaired) electrons. The molecule has 4 rings (SSSR count). The Hall–Kier alpha value is -2.54. The fourth-order valence-corrected chi connectivity index (χ4v) is 4.41. The summed E-state index contributed by atoms with van der Waals surface area (Å²) in [4.78, 5) is 27.0. The van der Waals surface area contributed by atoms with Crippen LogP contribution < -0.4 is 4.74 Å². The van der Waals surface area contributed by atoms with Crippen LogP contribution in [0.1, 0.15) is 16.7 Å². The lowest BCUT2D eigenvalue weighted by Crippen LogP contribution is -2.27. The predicted molar refractivity (Wildman–Crippen MR) is 128 cm³/mol. The minimum absolute atomic E-state index is 0.220. The van der Waals surface area contributed by atoms with Crippen LogP contribution in [0.2, 0.25) is 5.02 Å². The van der Waals surface area contributed by atoms with E-state index in [4.69, 9.17) is 16.3 Å². The van der Waals surface area contributed by atoms with Crippen molar-refractivity contribution in [3.8, 4) is 5.75 Å². The average molecular weight is 515 g/mol. The van der Waals surface area contributed by atoms with Crippen molar-refractivity contribution in [2.75, 3.05) is 0 Å². The lowest BCUT2D eigenvalue weighted by Gasteiger charge is -2.13. The Kier molecular flexibility index (Phi) is 6.80. The number of hydrogen-bond acceptors (Lipinski definition) is 4. The molecule has 0 N–H and O–H groups in total. The molecular formula is C24H17BrClNO3S. The molecule has 1 aliphatic heterocycles. The minimum Gasteiger partial charge on any atom is -0.488 e. The van der Waals surface area contributed by atoms with Gasteiger partial charge in [0.2, 0.25) is 0 Å². The SMILES string of the molecule is O=C1S/C(=C/c2ccccc2OCc2ccc(Cl)cc2)C(=O)N1Cc1ccccc1Br. The standard InChI is InChI=1S/C24H17BrClNO3S/c25-20-7-3-1-6-18(20)14-27-23(28)22(31-24(27)29)13-17-5-2-4-8-21(17)30-15-16-9-11-19(26)12-10-16/h1-13H,14-15H2/b22-13+. The van der Waals surface area contributed by atoms with Crippen LogP contribution in [0.15, 0.2) is 82.2 Å². The van der Waals surface area contributed by atoms with E-state index in [1.165, 1.54) is 4.90 Å². The first-order valence-corrected chi connectivity index (χ1v) is 11.4. The highest BCUT2D eigenvalue weighted by Gasteiger charge is 2.35. The van der Waals surface area contributed by atoms with E-state index in [-0.39, 0.29) is 17.7 Å². The summed E-state index contributed by atoms with van der Waals surface area (Å²) >= 11 is 10.3. The molecule has 7 heteroatoms. The number of benzene rings is 3. The number of ether oxygens (including phenoxy) is 1. The molecule has 1 fully saturated rings. The van der Waals surface area contributed by atoms with Gasteiger partial charge in [-0.25, -0.2) is 0 Å². The Morgan fingerprint density at radius 2 is 1.68 bits per heavy atom. The molecule has 0 saturated carbocycles. The van der Waals surface area contributed by atoms with E-state index in [1.54, 1.807) is 6.08 Å². The highest BCUT2D eigenvalue weighted by molar-refractivity contribution is 9.10. The van der Waals surface area contributed by atoms with E-state index < -0.39 is 0 Å². The number of carbonyl (C=O) groups is 2. The molecule has 4 nitrogen and oxygen atoms in total. The normalized spacial score (nSPS) is 15.0. The molecule has 1 aliphatic rings. The summed E-state index contributed by atoms with van der Waals surface area (Å²) in [5, 5.41) is 0.383. The molecule has 0 atom stereocenters. The number of hydrogen-bond donors (Lipinski definition) is 0. The fraction of sp³-hybridized carbons (Fsp3) is 0.0833. The summed E-state index contributed by atoms with van der Waals surface area (Å²) in [7, 11) is 0. The molecule has 1 saturated heterocycles. The van der Waals surface area contributed by atoms with E-state index in [9.17, 15) is 9.59 Å². The molecule has 156 valence electrons. The van der Waals surface area contributed by atoms with Crippen molar-refractivity contribution in [1.29, 1.82) is 0 Å². The van der Waals surface area contributed by atoms with Gasteiger partial charge in [0.15, 0.2) is 0 Å². The largest absolute Gasteiger partial charge is 0.488 e. The maximum Gasteiger partial charge on any atom is 0.293 e. The fourth-order valence-electron chi connectivity index (χ4n) is 3.05. The van der Waals surface area contributed by atoms with E-state index in [0.717, 1.165) is 32.9 Å². The summed E-state index contributed by atoms with van der Waals surface area (Å²) in [6, 6.07) is 22.4. The molecule has 0 bridgehead atoms. The highest BCUT2D eigenvalue weighted by Crippen LogP contribution is 2.35. The van der Waals surface area contributed by atoms with E-state index in [0.29, 0.717) is 22.3 Å². The van der Waals surface area contributed by atoms with Crippen LogP contribution in [0.4, 0.5) is 4.79 Å². The first-order chi connectivity index (χ1) is 15.0. The van der Waals surface area contributed by atoms with Gasteiger partial charge in [-0.3, -0.25) is 14.5 Å².